The first kappa shape index (κ1) is 14.8. The fourth-order valence-electron chi connectivity index (χ4n) is 2.74. The molecule has 0 saturated carbocycles. The Morgan fingerprint density at radius 2 is 1.73 bits per heavy atom. The van der Waals surface area contributed by atoms with Crippen LogP contribution >= 0.6 is 0 Å². The van der Waals surface area contributed by atoms with E-state index in [-0.39, 0.29) is 0 Å². The number of fused-ring (bicyclic) bond motifs is 1. The normalized spacial score (nSPS) is 12.0. The van der Waals surface area contributed by atoms with Crippen LogP contribution in [0, 0.1) is 0 Å². The molecule has 0 amide bonds. The van der Waals surface area contributed by atoms with Gasteiger partial charge >= 0.3 is 0 Å². The fourth-order valence-corrected chi connectivity index (χ4v) is 2.74. The molecule has 3 aromatic rings. The summed E-state index contributed by atoms with van der Waals surface area (Å²) in [5, 5.41) is 1.26. The molecule has 114 valence electrons. The summed E-state index contributed by atoms with van der Waals surface area (Å²) in [6.45, 7) is 2.26. The summed E-state index contributed by atoms with van der Waals surface area (Å²) in [6.07, 6.45) is 5.55. The fraction of sp³-hybridized carbons (Fsp3) is 0.316. The minimum atomic E-state index is 1.02. The summed E-state index contributed by atoms with van der Waals surface area (Å²) < 4.78 is 3.29. The number of aromatic amines is 1. The van der Waals surface area contributed by atoms with Gasteiger partial charge in [0.2, 0.25) is 0 Å². The highest BCUT2D eigenvalue weighted by atomic mass is 15.3. The van der Waals surface area contributed by atoms with Crippen LogP contribution in [-0.4, -0.2) is 37.2 Å². The molecule has 0 bridgehead atoms. The van der Waals surface area contributed by atoms with Crippen molar-refractivity contribution < 1.29 is 9.05 Å². The Bertz CT molecular complexity index is 715. The van der Waals surface area contributed by atoms with Crippen molar-refractivity contribution in [3.05, 3.63) is 54.9 Å². The lowest BCUT2D eigenvalue weighted by Gasteiger charge is -2.22. The molecule has 0 unspecified atom stereocenters. The number of pyridine rings is 1. The first-order valence-corrected chi connectivity index (χ1v) is 7.89. The molecular weight excluding hydrogens is 270 g/mol. The van der Waals surface area contributed by atoms with Crippen LogP contribution in [0.25, 0.3) is 22.2 Å². The van der Waals surface area contributed by atoms with E-state index in [4.69, 9.17) is 0 Å². The second-order valence-corrected chi connectivity index (χ2v) is 6.96. The van der Waals surface area contributed by atoms with Crippen molar-refractivity contribution in [3.8, 4) is 11.3 Å². The summed E-state index contributed by atoms with van der Waals surface area (Å²) in [5.74, 6) is 0. The van der Waals surface area contributed by atoms with Crippen molar-refractivity contribution in [1.82, 2.24) is 4.98 Å². The SMILES string of the molecule is C[N+](C)(C)CCC[n+]1ccc(-c2cc3ccccc3[nH]2)cc1. The molecule has 1 aromatic carbocycles. The zero-order valence-corrected chi connectivity index (χ0v) is 13.7. The molecule has 0 saturated heterocycles. The summed E-state index contributed by atoms with van der Waals surface area (Å²) in [7, 11) is 6.72. The van der Waals surface area contributed by atoms with E-state index >= 15 is 0 Å². The van der Waals surface area contributed by atoms with Gasteiger partial charge in [-0.2, -0.15) is 0 Å². The van der Waals surface area contributed by atoms with E-state index in [1.54, 1.807) is 0 Å². The molecule has 0 aliphatic rings. The number of quaternary nitrogens is 1. The minimum Gasteiger partial charge on any atom is -0.355 e. The summed E-state index contributed by atoms with van der Waals surface area (Å²) in [6, 6.07) is 15.0. The van der Waals surface area contributed by atoms with Crippen molar-refractivity contribution in [3.63, 3.8) is 0 Å². The quantitative estimate of drug-likeness (QED) is 0.551. The zero-order valence-electron chi connectivity index (χ0n) is 13.7. The Labute approximate surface area is 132 Å². The van der Waals surface area contributed by atoms with Crippen molar-refractivity contribution in [2.75, 3.05) is 27.7 Å². The number of rotatable bonds is 5. The Morgan fingerprint density at radius 3 is 2.41 bits per heavy atom. The first-order valence-electron chi connectivity index (χ1n) is 7.89. The average Bonchev–Trinajstić information content (AvgIpc) is 2.90. The standard InChI is InChI=1S/C19H24N3/c1-22(2,3)14-6-11-21-12-9-16(10-13-21)19-15-17-7-4-5-8-18(17)20-19/h4-5,7-10,12-13,15H,6,11,14H2,1-3H3/q+1/p+1. The number of para-hydroxylation sites is 1. The zero-order chi connectivity index (χ0) is 15.6. The van der Waals surface area contributed by atoms with E-state index in [1.807, 2.05) is 0 Å². The third kappa shape index (κ3) is 3.55. The largest absolute Gasteiger partial charge is 0.355 e. The van der Waals surface area contributed by atoms with E-state index in [0.29, 0.717) is 0 Å². The molecule has 0 aliphatic heterocycles. The molecule has 3 rings (SSSR count). The van der Waals surface area contributed by atoms with Crippen LogP contribution in [-0.2, 0) is 6.54 Å². The van der Waals surface area contributed by atoms with Crippen LogP contribution in [0.15, 0.2) is 54.9 Å². The average molecular weight is 295 g/mol. The monoisotopic (exact) mass is 295 g/mol. The van der Waals surface area contributed by atoms with E-state index in [9.17, 15) is 0 Å². The first-order chi connectivity index (χ1) is 10.5. The molecule has 22 heavy (non-hydrogen) atoms. The van der Waals surface area contributed by atoms with Gasteiger partial charge in [0.05, 0.1) is 34.1 Å². The second-order valence-electron chi connectivity index (χ2n) is 6.96. The number of aromatic nitrogens is 2. The highest BCUT2D eigenvalue weighted by molar-refractivity contribution is 5.85. The Kier molecular flexibility index (Phi) is 3.99. The predicted octanol–water partition coefficient (Wildman–Crippen LogP) is 3.22. The maximum absolute atomic E-state index is 3.48. The van der Waals surface area contributed by atoms with Gasteiger partial charge in [-0.1, -0.05) is 18.2 Å². The van der Waals surface area contributed by atoms with Gasteiger partial charge < -0.3 is 9.47 Å². The van der Waals surface area contributed by atoms with Gasteiger partial charge in [0.1, 0.15) is 0 Å². The third-order valence-electron chi connectivity index (χ3n) is 3.98. The minimum absolute atomic E-state index is 1.02. The van der Waals surface area contributed by atoms with Crippen molar-refractivity contribution >= 4 is 10.9 Å². The van der Waals surface area contributed by atoms with Gasteiger partial charge in [-0.05, 0) is 12.1 Å². The number of H-pyrrole nitrogens is 1. The van der Waals surface area contributed by atoms with Gasteiger partial charge in [0.25, 0.3) is 0 Å². The van der Waals surface area contributed by atoms with E-state index in [0.717, 1.165) is 11.0 Å². The molecule has 3 heteroatoms. The van der Waals surface area contributed by atoms with E-state index in [1.165, 1.54) is 35.1 Å². The van der Waals surface area contributed by atoms with Crippen LogP contribution in [0.3, 0.4) is 0 Å². The number of aryl methyl sites for hydroxylation is 1. The van der Waals surface area contributed by atoms with Crippen molar-refractivity contribution in [2.24, 2.45) is 0 Å². The summed E-state index contributed by atoms with van der Waals surface area (Å²) >= 11 is 0. The van der Waals surface area contributed by atoms with Gasteiger partial charge in [-0.3, -0.25) is 0 Å². The van der Waals surface area contributed by atoms with Gasteiger partial charge in [-0.15, -0.1) is 0 Å². The Hall–Kier alpha value is -2.13. The number of benzene rings is 1. The van der Waals surface area contributed by atoms with Crippen molar-refractivity contribution in [1.29, 1.82) is 0 Å². The highest BCUT2D eigenvalue weighted by Crippen LogP contribution is 2.22. The van der Waals surface area contributed by atoms with Crippen LogP contribution < -0.4 is 4.57 Å². The third-order valence-corrected chi connectivity index (χ3v) is 3.98. The molecule has 1 N–H and O–H groups in total. The lowest BCUT2D eigenvalue weighted by atomic mass is 10.2. The molecule has 2 heterocycles. The molecule has 0 atom stereocenters. The highest BCUT2D eigenvalue weighted by Gasteiger charge is 2.09. The Balaban J connectivity index is 1.71. The molecule has 0 fully saturated rings. The lowest BCUT2D eigenvalue weighted by molar-refractivity contribution is -0.873. The number of hydrogen-bond donors (Lipinski definition) is 1. The Morgan fingerprint density at radius 1 is 1.00 bits per heavy atom. The van der Waals surface area contributed by atoms with Crippen LogP contribution in [0.2, 0.25) is 0 Å². The molecule has 0 aliphatic carbocycles. The molecule has 3 nitrogen and oxygen atoms in total. The maximum Gasteiger partial charge on any atom is 0.169 e. The van der Waals surface area contributed by atoms with Crippen LogP contribution in [0.4, 0.5) is 0 Å². The van der Waals surface area contributed by atoms with Crippen molar-refractivity contribution in [2.45, 2.75) is 13.0 Å². The molecule has 2 aromatic heterocycles. The molecule has 0 radical (unpaired) electrons. The summed E-state index contributed by atoms with van der Waals surface area (Å²) in [5.41, 5.74) is 3.61. The maximum atomic E-state index is 3.48. The van der Waals surface area contributed by atoms with E-state index < -0.39 is 0 Å². The van der Waals surface area contributed by atoms with Gasteiger partial charge in [-0.25, -0.2) is 4.57 Å². The van der Waals surface area contributed by atoms with Crippen LogP contribution in [0.5, 0.6) is 0 Å². The van der Waals surface area contributed by atoms with E-state index in [2.05, 4.69) is 85.6 Å². The smallest absolute Gasteiger partial charge is 0.169 e. The predicted molar refractivity (Wildman–Crippen MR) is 91.4 cm³/mol. The number of nitrogens with one attached hydrogen (secondary N) is 1. The van der Waals surface area contributed by atoms with Gasteiger partial charge in [0, 0.05) is 34.3 Å². The summed E-state index contributed by atoms with van der Waals surface area (Å²) in [4.78, 5) is 3.48. The lowest BCUT2D eigenvalue weighted by Crippen LogP contribution is -2.39. The molecular formula is C19H25N3+2. The molecule has 0 spiro atoms. The topological polar surface area (TPSA) is 19.7 Å². The number of nitrogens with zero attached hydrogens (tertiary/aromatic N) is 2. The van der Waals surface area contributed by atoms with Crippen LogP contribution in [0.1, 0.15) is 6.42 Å². The van der Waals surface area contributed by atoms with Gasteiger partial charge in [0.15, 0.2) is 18.9 Å². The number of hydrogen-bond acceptors (Lipinski definition) is 0. The second kappa shape index (κ2) is 5.93.